The topological polar surface area (TPSA) is 106 Å². The number of aryl methyl sites for hydroxylation is 2. The number of allylic oxidation sites excluding steroid dienone is 3. The van der Waals surface area contributed by atoms with Gasteiger partial charge in [-0.25, -0.2) is 0 Å². The van der Waals surface area contributed by atoms with Crippen LogP contribution in [0.5, 0.6) is 5.75 Å². The zero-order chi connectivity index (χ0) is 75.8. The highest BCUT2D eigenvalue weighted by molar-refractivity contribution is 6.94. The van der Waals surface area contributed by atoms with Gasteiger partial charge in [-0.05, 0) is 162 Å². The van der Waals surface area contributed by atoms with Gasteiger partial charge >= 0.3 is 11.9 Å². The van der Waals surface area contributed by atoms with Crippen molar-refractivity contribution in [2.75, 3.05) is 105 Å². The maximum atomic E-state index is 12.2. The average Bonchev–Trinajstić information content (AvgIpc) is 0.800. The molecule has 0 atom stereocenters. The fourth-order valence-corrected chi connectivity index (χ4v) is 21.4. The van der Waals surface area contributed by atoms with Crippen molar-refractivity contribution in [3.8, 4) is 5.75 Å². The van der Waals surface area contributed by atoms with Crippen LogP contribution in [0.2, 0.25) is 39.3 Å². The molecule has 14 heteroatoms. The molecule has 0 radical (unpaired) electrons. The summed E-state index contributed by atoms with van der Waals surface area (Å²) in [5, 5.41) is 23.9. The van der Waals surface area contributed by atoms with Gasteiger partial charge in [-0.1, -0.05) is 313 Å². The van der Waals surface area contributed by atoms with Gasteiger partial charge in [0, 0.05) is 77.3 Å². The molecule has 9 aromatic rings. The normalized spacial score (nSPS) is 14.4. The number of carbonyl (C=O) groups excluding carboxylic acids is 2. The second-order valence-corrected chi connectivity index (χ2v) is 45.3. The SMILES string of the molecule is C.C.C.CN1CCN(C[Si](C)(C)c2ccc(/C(=C(/CCCO)c3ccccc3)c3ccc(O)cc3)cc2)CC1.COC(=O)CC/C(=C(\c1ccc(C)cc1)c1ccc([Si](C)(C)CCl)cc1)c1ccccc1.COC(=O)CC/C(=C(\c1ccc(C)cc1)c1ccc([Si](C)(C)CN2CCN(C)CC2)cc1)c1ccccc1. The highest BCUT2D eigenvalue weighted by atomic mass is 35.5. The molecule has 0 unspecified atom stereocenters. The lowest BCUT2D eigenvalue weighted by Gasteiger charge is -2.37. The van der Waals surface area contributed by atoms with E-state index in [9.17, 15) is 19.8 Å². The number of phenols is 1. The predicted molar refractivity (Wildman–Crippen MR) is 476 cm³/mol. The predicted octanol–water partition coefficient (Wildman–Crippen LogP) is 18.9. The van der Waals surface area contributed by atoms with E-state index in [0.29, 0.717) is 37.6 Å². The number of nitrogens with zero attached hydrogens (tertiary/aromatic N) is 4. The number of methoxy groups -OCH3 is 2. The second kappa shape index (κ2) is 43.3. The Labute approximate surface area is 663 Å². The maximum absolute atomic E-state index is 12.2. The number of ether oxygens (including phenoxy) is 2. The summed E-state index contributed by atoms with van der Waals surface area (Å²) in [7, 11) is 2.44. The third-order valence-corrected chi connectivity index (χ3v) is 31.8. The average molecular weight is 1540 g/mol. The molecule has 2 aliphatic heterocycles. The van der Waals surface area contributed by atoms with Gasteiger partial charge in [-0.15, -0.1) is 11.6 Å². The Morgan fingerprint density at radius 2 is 0.633 bits per heavy atom. The van der Waals surface area contributed by atoms with E-state index in [2.05, 4.69) is 269 Å². The molecule has 0 spiro atoms. The van der Waals surface area contributed by atoms with Gasteiger partial charge in [0.15, 0.2) is 0 Å². The molecular weight excluding hydrogens is 1410 g/mol. The van der Waals surface area contributed by atoms with Crippen molar-refractivity contribution in [2.24, 2.45) is 0 Å². The van der Waals surface area contributed by atoms with E-state index in [0.717, 1.165) is 97.7 Å². The van der Waals surface area contributed by atoms with Crippen molar-refractivity contribution in [1.29, 1.82) is 0 Å². The van der Waals surface area contributed by atoms with Crippen LogP contribution in [0.1, 0.15) is 122 Å². The molecule has 2 fully saturated rings. The molecule has 580 valence electrons. The van der Waals surface area contributed by atoms with Gasteiger partial charge < -0.3 is 39.3 Å². The van der Waals surface area contributed by atoms with Gasteiger partial charge in [0.05, 0.1) is 38.4 Å². The van der Waals surface area contributed by atoms with Crippen LogP contribution in [0.4, 0.5) is 0 Å². The van der Waals surface area contributed by atoms with E-state index in [1.165, 1.54) is 97.8 Å². The maximum Gasteiger partial charge on any atom is 0.305 e. The van der Waals surface area contributed by atoms with Crippen LogP contribution >= 0.6 is 11.6 Å². The lowest BCUT2D eigenvalue weighted by atomic mass is 9.87. The van der Waals surface area contributed by atoms with Crippen LogP contribution in [0.15, 0.2) is 237 Å². The number of carbonyl (C=O) groups is 2. The number of alkyl halides is 1. The molecule has 2 heterocycles. The standard InChI is InChI=1S/C33H42N2O2Si.C31H40N2O2Si.C28H31ClO2Si.3CH4/c1-26-11-13-28(14-12-26)33(31(19-20-32(36)37-3)27-9-7-6-8-10-27)29-15-17-30(18-16-29)38(4,5)25-35-23-21-34(2)22-24-35;1-32-19-21-33(22-20-32)24-36(2,3)29-17-13-27(14-18-29)31(26-11-15-28(35)16-12-26)30(10-7-23-34)25-8-5-4-6-9-25;1-21-10-12-23(13-11-21)28(24-14-16-25(17-15-24)32(3,4)20-29)26(18-19-27(30)31-2)22-8-6-5-7-9-22;;;/h6-18H,19-25H2,1-5H3;4-6,8-9,11-18,34-35H,7,10,19-24H2,1-3H3;5-17H,18-20H2,1-4H3;3*1H4/b33-31-;31-30-;28-26-;;;. The van der Waals surface area contributed by atoms with Crippen LogP contribution in [0.25, 0.3) is 33.4 Å². The number of piperazine rings is 2. The monoisotopic (exact) mass is 1540 g/mol. The summed E-state index contributed by atoms with van der Waals surface area (Å²) in [4.78, 5) is 34.3. The van der Waals surface area contributed by atoms with E-state index < -0.39 is 24.2 Å². The number of likely N-dealkylation sites (N-methyl/N-ethyl adjacent to an activating group) is 2. The van der Waals surface area contributed by atoms with Gasteiger partial charge in [-0.3, -0.25) is 9.59 Å². The van der Waals surface area contributed by atoms with Crippen LogP contribution < -0.4 is 15.6 Å². The first-order chi connectivity index (χ1) is 51.0. The minimum atomic E-state index is -1.64. The fraction of sp³-hybridized carbons (Fsp3) is 0.347. The van der Waals surface area contributed by atoms with Crippen LogP contribution in [-0.4, -0.2) is 171 Å². The van der Waals surface area contributed by atoms with Crippen LogP contribution in [0.3, 0.4) is 0 Å². The lowest BCUT2D eigenvalue weighted by molar-refractivity contribution is -0.141. The first-order valence-electron chi connectivity index (χ1n) is 37.7. The number of aromatic hydroxyl groups is 1. The quantitative estimate of drug-likeness (QED) is 0.0236. The van der Waals surface area contributed by atoms with E-state index in [1.54, 1.807) is 12.1 Å². The molecule has 109 heavy (non-hydrogen) atoms. The number of rotatable bonds is 26. The molecule has 2 aliphatic rings. The van der Waals surface area contributed by atoms with Gasteiger partial charge in [0.1, 0.15) is 5.75 Å². The first-order valence-corrected chi connectivity index (χ1v) is 47.9. The molecule has 9 aromatic carbocycles. The Morgan fingerprint density at radius 1 is 0.367 bits per heavy atom. The molecule has 11 rings (SSSR count). The van der Waals surface area contributed by atoms with E-state index >= 15 is 0 Å². The van der Waals surface area contributed by atoms with Gasteiger partial charge in [0.25, 0.3) is 0 Å². The zero-order valence-corrected chi connectivity index (χ0v) is 68.7. The first kappa shape index (κ1) is 89.6. The molecule has 0 bridgehead atoms. The van der Waals surface area contributed by atoms with Crippen molar-refractivity contribution in [1.82, 2.24) is 19.6 Å². The number of benzene rings is 9. The van der Waals surface area contributed by atoms with Crippen molar-refractivity contribution < 1.29 is 29.3 Å². The third kappa shape index (κ3) is 25.6. The Hall–Kier alpha value is -8.32. The fourth-order valence-electron chi connectivity index (χ4n) is 14.3. The van der Waals surface area contributed by atoms with Crippen molar-refractivity contribution in [3.05, 3.63) is 298 Å². The second-order valence-electron chi connectivity index (χ2n) is 30.6. The minimum Gasteiger partial charge on any atom is -0.508 e. The van der Waals surface area contributed by atoms with E-state index in [4.69, 9.17) is 21.1 Å². The summed E-state index contributed by atoms with van der Waals surface area (Å²) < 4.78 is 9.94. The van der Waals surface area contributed by atoms with E-state index in [1.807, 2.05) is 42.5 Å². The number of hydrogen-bond acceptors (Lipinski definition) is 10. The Balaban J connectivity index is 0.000000253. The zero-order valence-electron chi connectivity index (χ0n) is 64.9. The molecule has 0 aliphatic carbocycles. The summed E-state index contributed by atoms with van der Waals surface area (Å²) in [6.07, 6.45) is 5.76. The lowest BCUT2D eigenvalue weighted by Crippen LogP contribution is -2.56. The van der Waals surface area contributed by atoms with Crippen molar-refractivity contribution in [3.63, 3.8) is 0 Å². The number of hydrogen-bond donors (Lipinski definition) is 2. The molecule has 0 aromatic heterocycles. The summed E-state index contributed by atoms with van der Waals surface area (Å²) in [5.41, 5.74) is 20.5. The van der Waals surface area contributed by atoms with Crippen molar-refractivity contribution >= 4 is 96.8 Å². The molecule has 10 nitrogen and oxygen atoms in total. The highest BCUT2D eigenvalue weighted by Crippen LogP contribution is 2.39. The van der Waals surface area contributed by atoms with Crippen molar-refractivity contribution in [2.45, 2.75) is 114 Å². The Kier molecular flexibility index (Phi) is 35.6. The summed E-state index contributed by atoms with van der Waals surface area (Å²) in [6, 6.07) is 83.4. The summed E-state index contributed by atoms with van der Waals surface area (Å²) in [5.74, 6) is -0.123. The molecule has 0 saturated carbocycles. The molecule has 2 saturated heterocycles. The number of esters is 2. The minimum absolute atomic E-state index is 0. The molecule has 2 N–H and O–H groups in total. The number of aliphatic hydroxyl groups excluding tert-OH is 1. The van der Waals surface area contributed by atoms with Crippen LogP contribution in [-0.2, 0) is 19.1 Å². The smallest absolute Gasteiger partial charge is 0.305 e. The molecular formula is C95H125ClN4O6Si3. The van der Waals surface area contributed by atoms with Crippen LogP contribution in [0, 0.1) is 13.8 Å². The third-order valence-electron chi connectivity index (χ3n) is 20.9. The van der Waals surface area contributed by atoms with Gasteiger partial charge in [-0.2, -0.15) is 0 Å². The summed E-state index contributed by atoms with van der Waals surface area (Å²) in [6.45, 7) is 28.1. The Morgan fingerprint density at radius 3 is 0.908 bits per heavy atom. The van der Waals surface area contributed by atoms with Gasteiger partial charge in [0.2, 0.25) is 0 Å². The summed E-state index contributed by atoms with van der Waals surface area (Å²) >= 11 is 6.26. The number of phenolic OH excluding ortho intramolecular Hbond substituents is 1. The number of aliphatic hydroxyl groups is 1. The largest absolute Gasteiger partial charge is 0.508 e. The highest BCUT2D eigenvalue weighted by Gasteiger charge is 2.31. The van der Waals surface area contributed by atoms with E-state index in [-0.39, 0.29) is 46.6 Å². The molecule has 0 amide bonds. The number of halogens is 1. The Bertz CT molecular complexity index is 4330.